The van der Waals surface area contributed by atoms with Crippen LogP contribution in [0.15, 0.2) is 42.9 Å². The van der Waals surface area contributed by atoms with E-state index in [9.17, 15) is 14.3 Å². The SMILES string of the molecule is CC(C)N(C)C(=O)c1cc(F)ccc1-n1cc(C2CCC(N3CCC[C@H]3CO)CC2)c2ccncc21. The van der Waals surface area contributed by atoms with E-state index in [-0.39, 0.29) is 18.6 Å². The zero-order chi connectivity index (χ0) is 25.4. The molecule has 36 heavy (non-hydrogen) atoms. The van der Waals surface area contributed by atoms with Gasteiger partial charge in [0, 0.05) is 43.0 Å². The van der Waals surface area contributed by atoms with Crippen LogP contribution in [0.1, 0.15) is 74.2 Å². The van der Waals surface area contributed by atoms with Gasteiger partial charge in [0.15, 0.2) is 0 Å². The maximum absolute atomic E-state index is 14.3. The molecule has 0 spiro atoms. The lowest BCUT2D eigenvalue weighted by Crippen LogP contribution is -2.42. The van der Waals surface area contributed by atoms with E-state index in [1.807, 2.05) is 30.8 Å². The van der Waals surface area contributed by atoms with Crippen LogP contribution in [0.5, 0.6) is 0 Å². The summed E-state index contributed by atoms with van der Waals surface area (Å²) in [4.78, 5) is 21.8. The molecule has 2 aliphatic rings. The Morgan fingerprint density at radius 1 is 1.19 bits per heavy atom. The summed E-state index contributed by atoms with van der Waals surface area (Å²) in [6.07, 6.45) is 12.5. The number of benzene rings is 1. The van der Waals surface area contributed by atoms with Crippen LogP contribution in [0.3, 0.4) is 0 Å². The molecular formula is C29H37FN4O2. The number of amides is 1. The first-order valence-corrected chi connectivity index (χ1v) is 13.3. The third kappa shape index (κ3) is 4.55. The third-order valence-electron chi connectivity index (χ3n) is 8.42. The minimum atomic E-state index is -0.421. The lowest BCUT2D eigenvalue weighted by Gasteiger charge is -2.37. The van der Waals surface area contributed by atoms with Crippen molar-refractivity contribution in [3.05, 3.63) is 59.8 Å². The van der Waals surface area contributed by atoms with Crippen LogP contribution < -0.4 is 0 Å². The summed E-state index contributed by atoms with van der Waals surface area (Å²) in [5, 5.41) is 10.9. The van der Waals surface area contributed by atoms with Gasteiger partial charge < -0.3 is 14.6 Å². The third-order valence-corrected chi connectivity index (χ3v) is 8.42. The minimum absolute atomic E-state index is 0.00322. The number of hydrogen-bond donors (Lipinski definition) is 1. The van der Waals surface area contributed by atoms with Crippen LogP contribution in [-0.4, -0.2) is 68.7 Å². The first-order valence-electron chi connectivity index (χ1n) is 13.3. The van der Waals surface area contributed by atoms with E-state index in [0.717, 1.165) is 49.6 Å². The maximum atomic E-state index is 14.3. The molecule has 1 aromatic carbocycles. The molecule has 1 amide bonds. The van der Waals surface area contributed by atoms with Crippen LogP contribution in [0, 0.1) is 5.82 Å². The van der Waals surface area contributed by atoms with Crippen LogP contribution in [0.2, 0.25) is 0 Å². The Kier molecular flexibility index (Phi) is 7.13. The fraction of sp³-hybridized carbons (Fsp3) is 0.517. The van der Waals surface area contributed by atoms with Gasteiger partial charge in [0.1, 0.15) is 5.82 Å². The number of hydrogen-bond acceptors (Lipinski definition) is 4. The average molecular weight is 493 g/mol. The Hall–Kier alpha value is -2.77. The molecular weight excluding hydrogens is 455 g/mol. The van der Waals surface area contributed by atoms with Crippen molar-refractivity contribution in [1.29, 1.82) is 0 Å². The topological polar surface area (TPSA) is 61.6 Å². The van der Waals surface area contributed by atoms with E-state index in [0.29, 0.717) is 29.3 Å². The fourth-order valence-corrected chi connectivity index (χ4v) is 6.19. The molecule has 1 saturated carbocycles. The predicted molar refractivity (Wildman–Crippen MR) is 140 cm³/mol. The highest BCUT2D eigenvalue weighted by molar-refractivity contribution is 5.99. The van der Waals surface area contributed by atoms with E-state index in [4.69, 9.17) is 0 Å². The van der Waals surface area contributed by atoms with Gasteiger partial charge in [0.2, 0.25) is 0 Å². The first-order chi connectivity index (χ1) is 17.4. The second-order valence-electron chi connectivity index (χ2n) is 10.7. The number of likely N-dealkylation sites (tertiary alicyclic amines) is 1. The first kappa shape index (κ1) is 24.9. The highest BCUT2D eigenvalue weighted by atomic mass is 19.1. The molecule has 1 atom stereocenters. The molecule has 1 N–H and O–H groups in total. The molecule has 0 radical (unpaired) electrons. The Bertz CT molecular complexity index is 1230. The smallest absolute Gasteiger partial charge is 0.256 e. The molecule has 1 saturated heterocycles. The Morgan fingerprint density at radius 2 is 1.97 bits per heavy atom. The highest BCUT2D eigenvalue weighted by Crippen LogP contribution is 2.41. The molecule has 6 nitrogen and oxygen atoms in total. The van der Waals surface area contributed by atoms with Gasteiger partial charge in [0.05, 0.1) is 29.6 Å². The van der Waals surface area contributed by atoms with Crippen molar-refractivity contribution in [1.82, 2.24) is 19.4 Å². The van der Waals surface area contributed by atoms with Crippen molar-refractivity contribution in [2.75, 3.05) is 20.2 Å². The van der Waals surface area contributed by atoms with E-state index in [1.54, 1.807) is 18.0 Å². The second kappa shape index (κ2) is 10.3. The molecule has 2 aromatic heterocycles. The van der Waals surface area contributed by atoms with Gasteiger partial charge in [-0.3, -0.25) is 14.7 Å². The number of nitrogens with zero attached hydrogens (tertiary/aromatic N) is 4. The number of carbonyl (C=O) groups excluding carboxylic acids is 1. The number of rotatable bonds is 6. The molecule has 2 fully saturated rings. The quantitative estimate of drug-likeness (QED) is 0.518. The summed E-state index contributed by atoms with van der Waals surface area (Å²) < 4.78 is 16.3. The lowest BCUT2D eigenvalue weighted by molar-refractivity contribution is 0.0754. The van der Waals surface area contributed by atoms with Crippen LogP contribution in [0.4, 0.5) is 4.39 Å². The standard InChI is InChI=1S/C29H37FN4O2/c1-19(2)32(3)29(36)25-15-21(30)8-11-27(25)34-17-26(24-12-13-31-16-28(24)34)20-6-9-22(10-7-20)33-14-4-5-23(33)18-35/h8,11-13,15-17,19-20,22-23,35H,4-7,9-10,14,18H2,1-3H3/t20?,22?,23-/m0/s1. The van der Waals surface area contributed by atoms with Crippen molar-refractivity contribution in [2.45, 2.75) is 76.4 Å². The molecule has 0 bridgehead atoms. The van der Waals surface area contributed by atoms with Gasteiger partial charge in [-0.15, -0.1) is 0 Å². The zero-order valence-electron chi connectivity index (χ0n) is 21.5. The van der Waals surface area contributed by atoms with Gasteiger partial charge in [-0.25, -0.2) is 4.39 Å². The molecule has 7 heteroatoms. The fourth-order valence-electron chi connectivity index (χ4n) is 6.19. The Labute approximate surface area is 212 Å². The summed E-state index contributed by atoms with van der Waals surface area (Å²) >= 11 is 0. The van der Waals surface area contributed by atoms with Gasteiger partial charge in [-0.1, -0.05) is 0 Å². The molecule has 1 aliphatic heterocycles. The van der Waals surface area contributed by atoms with Crippen LogP contribution >= 0.6 is 0 Å². The number of carbonyl (C=O) groups is 1. The number of aliphatic hydroxyl groups excluding tert-OH is 1. The van der Waals surface area contributed by atoms with E-state index < -0.39 is 5.82 Å². The number of aromatic nitrogens is 2. The van der Waals surface area contributed by atoms with Crippen LogP contribution in [-0.2, 0) is 0 Å². The normalized spacial score (nSPS) is 23.0. The number of fused-ring (bicyclic) bond motifs is 1. The number of aliphatic hydroxyl groups is 1. The highest BCUT2D eigenvalue weighted by Gasteiger charge is 2.34. The maximum Gasteiger partial charge on any atom is 0.256 e. The van der Waals surface area contributed by atoms with E-state index >= 15 is 0 Å². The van der Waals surface area contributed by atoms with Crippen molar-refractivity contribution in [3.63, 3.8) is 0 Å². The molecule has 3 aromatic rings. The Morgan fingerprint density at radius 3 is 2.69 bits per heavy atom. The summed E-state index contributed by atoms with van der Waals surface area (Å²) in [6, 6.07) is 7.39. The minimum Gasteiger partial charge on any atom is -0.395 e. The monoisotopic (exact) mass is 492 g/mol. The summed E-state index contributed by atoms with van der Waals surface area (Å²) in [5.41, 5.74) is 3.23. The Balaban J connectivity index is 1.48. The van der Waals surface area contributed by atoms with Gasteiger partial charge >= 0.3 is 0 Å². The van der Waals surface area contributed by atoms with Crippen molar-refractivity contribution < 1.29 is 14.3 Å². The summed E-state index contributed by atoms with van der Waals surface area (Å²) in [5.74, 6) is -0.202. The van der Waals surface area contributed by atoms with Crippen molar-refractivity contribution >= 4 is 16.8 Å². The zero-order valence-corrected chi connectivity index (χ0v) is 21.5. The number of pyridine rings is 1. The van der Waals surface area contributed by atoms with E-state index in [1.165, 1.54) is 24.1 Å². The second-order valence-corrected chi connectivity index (χ2v) is 10.7. The molecule has 3 heterocycles. The molecule has 192 valence electrons. The van der Waals surface area contributed by atoms with Gasteiger partial charge in [-0.05, 0) is 94.7 Å². The number of halogens is 1. The average Bonchev–Trinajstić information content (AvgIpc) is 3.53. The lowest BCUT2D eigenvalue weighted by atomic mass is 9.81. The van der Waals surface area contributed by atoms with Gasteiger partial charge in [-0.2, -0.15) is 0 Å². The largest absolute Gasteiger partial charge is 0.395 e. The summed E-state index contributed by atoms with van der Waals surface area (Å²) in [6.45, 7) is 5.25. The van der Waals surface area contributed by atoms with E-state index in [2.05, 4.69) is 22.1 Å². The van der Waals surface area contributed by atoms with Crippen molar-refractivity contribution in [2.24, 2.45) is 0 Å². The van der Waals surface area contributed by atoms with Crippen LogP contribution in [0.25, 0.3) is 16.6 Å². The molecule has 1 aliphatic carbocycles. The molecule has 5 rings (SSSR count). The summed E-state index contributed by atoms with van der Waals surface area (Å²) in [7, 11) is 1.75. The molecule has 0 unspecified atom stereocenters. The predicted octanol–water partition coefficient (Wildman–Crippen LogP) is 5.13. The van der Waals surface area contributed by atoms with Crippen molar-refractivity contribution in [3.8, 4) is 5.69 Å². The van der Waals surface area contributed by atoms with Gasteiger partial charge in [0.25, 0.3) is 5.91 Å².